The fourth-order valence-electron chi connectivity index (χ4n) is 1.69. The number of hydrogen-bond donors (Lipinski definition) is 0. The zero-order valence-electron chi connectivity index (χ0n) is 11.3. The van der Waals surface area contributed by atoms with Gasteiger partial charge in [-0.25, -0.2) is 9.18 Å². The van der Waals surface area contributed by atoms with Gasteiger partial charge in [0.25, 0.3) is 0 Å². The fraction of sp³-hybridized carbons (Fsp3) is 0.125. The van der Waals surface area contributed by atoms with Crippen molar-refractivity contribution in [3.63, 3.8) is 0 Å². The van der Waals surface area contributed by atoms with E-state index in [9.17, 15) is 9.18 Å². The van der Waals surface area contributed by atoms with Crippen molar-refractivity contribution in [2.75, 3.05) is 7.11 Å². The molecule has 0 radical (unpaired) electrons. The van der Waals surface area contributed by atoms with Gasteiger partial charge in [-0.15, -0.1) is 0 Å². The van der Waals surface area contributed by atoms with E-state index < -0.39 is 11.8 Å². The maximum atomic E-state index is 13.7. The van der Waals surface area contributed by atoms with E-state index in [1.54, 1.807) is 24.3 Å². The lowest BCUT2D eigenvalue weighted by Crippen LogP contribution is -2.07. The molecule has 0 unspecified atom stereocenters. The summed E-state index contributed by atoms with van der Waals surface area (Å²) in [6, 6.07) is 12.5. The number of ether oxygens (including phenoxy) is 2. The summed E-state index contributed by atoms with van der Waals surface area (Å²) in [6.45, 7) is 0.00993. The van der Waals surface area contributed by atoms with Gasteiger partial charge in [-0.2, -0.15) is 5.26 Å². The standard InChI is InChI=1S/C16H12FNO3/c1-20-13-6-7-14(15(17)8-13)16(19)21-10-12-4-2-11(9-18)3-5-12/h2-8H,10H2,1H3. The van der Waals surface area contributed by atoms with E-state index in [-0.39, 0.29) is 12.2 Å². The molecule has 0 aliphatic heterocycles. The van der Waals surface area contributed by atoms with Gasteiger partial charge in [0.2, 0.25) is 0 Å². The Morgan fingerprint density at radius 2 is 1.95 bits per heavy atom. The molecular weight excluding hydrogens is 273 g/mol. The minimum absolute atomic E-state index is 0.00993. The molecule has 2 aromatic carbocycles. The number of halogens is 1. The molecule has 0 aliphatic rings. The van der Waals surface area contributed by atoms with Gasteiger partial charge in [0.05, 0.1) is 24.3 Å². The average Bonchev–Trinajstić information content (AvgIpc) is 2.52. The fourth-order valence-corrected chi connectivity index (χ4v) is 1.69. The molecule has 0 atom stereocenters. The number of benzene rings is 2. The molecule has 0 N–H and O–H groups in total. The Labute approximate surface area is 121 Å². The normalized spacial score (nSPS) is 9.76. The second-order valence-electron chi connectivity index (χ2n) is 4.23. The Hall–Kier alpha value is -2.87. The second-order valence-corrected chi connectivity index (χ2v) is 4.23. The molecule has 4 nitrogen and oxygen atoms in total. The summed E-state index contributed by atoms with van der Waals surface area (Å²) in [5.74, 6) is -1.12. The van der Waals surface area contributed by atoms with E-state index in [1.807, 2.05) is 6.07 Å². The van der Waals surface area contributed by atoms with E-state index in [0.717, 1.165) is 11.6 Å². The minimum atomic E-state index is -0.750. The van der Waals surface area contributed by atoms with Crippen LogP contribution in [0.3, 0.4) is 0 Å². The average molecular weight is 285 g/mol. The molecule has 5 heteroatoms. The third-order valence-corrected chi connectivity index (χ3v) is 2.85. The number of carbonyl (C=O) groups excluding carboxylic acids is 1. The molecule has 0 amide bonds. The highest BCUT2D eigenvalue weighted by Gasteiger charge is 2.14. The van der Waals surface area contributed by atoms with Crippen molar-refractivity contribution in [1.82, 2.24) is 0 Å². The molecule has 0 fully saturated rings. The van der Waals surface area contributed by atoms with Crippen molar-refractivity contribution < 1.29 is 18.7 Å². The van der Waals surface area contributed by atoms with E-state index in [0.29, 0.717) is 11.3 Å². The predicted octanol–water partition coefficient (Wildman–Crippen LogP) is 3.06. The molecular formula is C16H12FNO3. The van der Waals surface area contributed by atoms with Gasteiger partial charge in [-0.05, 0) is 29.8 Å². The van der Waals surface area contributed by atoms with Gasteiger partial charge < -0.3 is 9.47 Å². The van der Waals surface area contributed by atoms with Crippen LogP contribution in [0.4, 0.5) is 4.39 Å². The number of esters is 1. The Morgan fingerprint density at radius 1 is 1.24 bits per heavy atom. The lowest BCUT2D eigenvalue weighted by molar-refractivity contribution is 0.0467. The zero-order chi connectivity index (χ0) is 15.2. The van der Waals surface area contributed by atoms with Crippen LogP contribution in [0.1, 0.15) is 21.5 Å². The van der Waals surface area contributed by atoms with Crippen molar-refractivity contribution in [3.05, 3.63) is 65.0 Å². The first kappa shape index (κ1) is 14.5. The highest BCUT2D eigenvalue weighted by atomic mass is 19.1. The molecule has 0 saturated carbocycles. The maximum absolute atomic E-state index is 13.7. The molecule has 0 saturated heterocycles. The quantitative estimate of drug-likeness (QED) is 0.810. The SMILES string of the molecule is COc1ccc(C(=O)OCc2ccc(C#N)cc2)c(F)c1. The van der Waals surface area contributed by atoms with E-state index in [4.69, 9.17) is 14.7 Å². The lowest BCUT2D eigenvalue weighted by atomic mass is 10.1. The third-order valence-electron chi connectivity index (χ3n) is 2.85. The van der Waals surface area contributed by atoms with Crippen LogP contribution in [0.2, 0.25) is 0 Å². The highest BCUT2D eigenvalue weighted by Crippen LogP contribution is 2.17. The monoisotopic (exact) mass is 285 g/mol. The van der Waals surface area contributed by atoms with Crippen LogP contribution in [0, 0.1) is 17.1 Å². The van der Waals surface area contributed by atoms with E-state index >= 15 is 0 Å². The number of hydrogen-bond acceptors (Lipinski definition) is 4. The van der Waals surface area contributed by atoms with Crippen LogP contribution in [-0.2, 0) is 11.3 Å². The lowest BCUT2D eigenvalue weighted by Gasteiger charge is -2.07. The molecule has 2 rings (SSSR count). The van der Waals surface area contributed by atoms with Gasteiger partial charge in [0.1, 0.15) is 18.2 Å². The van der Waals surface area contributed by atoms with Gasteiger partial charge >= 0.3 is 5.97 Å². The molecule has 21 heavy (non-hydrogen) atoms. The summed E-state index contributed by atoms with van der Waals surface area (Å²) in [6.07, 6.45) is 0. The Balaban J connectivity index is 2.02. The van der Waals surface area contributed by atoms with Crippen molar-refractivity contribution in [2.45, 2.75) is 6.61 Å². The highest BCUT2D eigenvalue weighted by molar-refractivity contribution is 5.89. The topological polar surface area (TPSA) is 59.3 Å². The van der Waals surface area contributed by atoms with Crippen molar-refractivity contribution in [3.8, 4) is 11.8 Å². The molecule has 2 aromatic rings. The molecule has 106 valence electrons. The van der Waals surface area contributed by atoms with Crippen LogP contribution in [0.25, 0.3) is 0 Å². The zero-order valence-corrected chi connectivity index (χ0v) is 11.3. The van der Waals surface area contributed by atoms with Gasteiger partial charge in [-0.1, -0.05) is 12.1 Å². The molecule has 0 bridgehead atoms. The number of rotatable bonds is 4. The van der Waals surface area contributed by atoms with Crippen molar-refractivity contribution in [2.24, 2.45) is 0 Å². The van der Waals surface area contributed by atoms with Crippen molar-refractivity contribution in [1.29, 1.82) is 5.26 Å². The first-order chi connectivity index (χ1) is 10.1. The number of nitrogens with zero attached hydrogens (tertiary/aromatic N) is 1. The van der Waals surface area contributed by atoms with E-state index in [1.165, 1.54) is 19.2 Å². The molecule has 0 aliphatic carbocycles. The van der Waals surface area contributed by atoms with Crippen LogP contribution in [-0.4, -0.2) is 13.1 Å². The Morgan fingerprint density at radius 3 is 2.52 bits per heavy atom. The number of methoxy groups -OCH3 is 1. The van der Waals surface area contributed by atoms with Crippen molar-refractivity contribution >= 4 is 5.97 Å². The summed E-state index contributed by atoms with van der Waals surface area (Å²) in [4.78, 5) is 11.8. The van der Waals surface area contributed by atoms with Gasteiger partial charge in [0, 0.05) is 6.07 Å². The summed E-state index contributed by atoms with van der Waals surface area (Å²) in [5, 5.41) is 8.68. The first-order valence-electron chi connectivity index (χ1n) is 6.13. The largest absolute Gasteiger partial charge is 0.497 e. The molecule has 0 spiro atoms. The maximum Gasteiger partial charge on any atom is 0.341 e. The number of carbonyl (C=O) groups is 1. The Bertz CT molecular complexity index is 690. The molecule has 0 aromatic heterocycles. The third kappa shape index (κ3) is 3.57. The van der Waals surface area contributed by atoms with Gasteiger partial charge in [0.15, 0.2) is 0 Å². The first-order valence-corrected chi connectivity index (χ1v) is 6.13. The Kier molecular flexibility index (Phi) is 4.52. The second kappa shape index (κ2) is 6.53. The summed E-state index contributed by atoms with van der Waals surface area (Å²) in [5.41, 5.74) is 1.09. The summed E-state index contributed by atoms with van der Waals surface area (Å²) < 4.78 is 23.6. The number of nitriles is 1. The minimum Gasteiger partial charge on any atom is -0.497 e. The summed E-state index contributed by atoms with van der Waals surface area (Å²) >= 11 is 0. The molecule has 0 heterocycles. The summed E-state index contributed by atoms with van der Waals surface area (Å²) in [7, 11) is 1.41. The van der Waals surface area contributed by atoms with Crippen LogP contribution < -0.4 is 4.74 Å². The van der Waals surface area contributed by atoms with Gasteiger partial charge in [-0.3, -0.25) is 0 Å². The predicted molar refractivity (Wildman–Crippen MR) is 73.2 cm³/mol. The van der Waals surface area contributed by atoms with E-state index in [2.05, 4.69) is 0 Å². The van der Waals surface area contributed by atoms with Crippen LogP contribution >= 0.6 is 0 Å². The smallest absolute Gasteiger partial charge is 0.341 e. The van der Waals surface area contributed by atoms with Crippen LogP contribution in [0.15, 0.2) is 42.5 Å². The van der Waals surface area contributed by atoms with Crippen LogP contribution in [0.5, 0.6) is 5.75 Å².